The van der Waals surface area contributed by atoms with Crippen molar-refractivity contribution < 1.29 is 10.0 Å². The van der Waals surface area contributed by atoms with Crippen molar-refractivity contribution in [3.63, 3.8) is 0 Å². The molecule has 0 fully saturated rings. The third kappa shape index (κ3) is 4.96. The summed E-state index contributed by atoms with van der Waals surface area (Å²) in [6, 6.07) is 0.258. The van der Waals surface area contributed by atoms with E-state index < -0.39 is 11.0 Å². The summed E-state index contributed by atoms with van der Waals surface area (Å²) in [5, 5.41) is 27.5. The van der Waals surface area contributed by atoms with Crippen molar-refractivity contribution in [1.82, 2.24) is 15.1 Å². The summed E-state index contributed by atoms with van der Waals surface area (Å²) in [6.07, 6.45) is 1.86. The highest BCUT2D eigenvalue weighted by Gasteiger charge is 2.20. The first kappa shape index (κ1) is 15.6. The summed E-state index contributed by atoms with van der Waals surface area (Å²) in [5.41, 5.74) is 0.0488. The van der Waals surface area contributed by atoms with Crippen LogP contribution in [0.3, 0.4) is 0 Å². The number of rotatable bonds is 6. The molecule has 0 aliphatic carbocycles. The minimum atomic E-state index is -0.635. The van der Waals surface area contributed by atoms with Gasteiger partial charge in [-0.1, -0.05) is 20.8 Å². The van der Waals surface area contributed by atoms with Crippen LogP contribution in [0.1, 0.15) is 27.7 Å². The van der Waals surface area contributed by atoms with Crippen molar-refractivity contribution in [1.29, 1.82) is 0 Å². The van der Waals surface area contributed by atoms with Crippen LogP contribution >= 0.6 is 0 Å². The van der Waals surface area contributed by atoms with Crippen molar-refractivity contribution >= 4 is 5.69 Å². The summed E-state index contributed by atoms with van der Waals surface area (Å²) in [5.74, 6) is 0. The van der Waals surface area contributed by atoms with E-state index in [1.165, 1.54) is 17.1 Å². The fraction of sp³-hybridized carbons (Fsp3) is 0.750. The fourth-order valence-corrected chi connectivity index (χ4v) is 1.45. The van der Waals surface area contributed by atoms with Gasteiger partial charge in [0.25, 0.3) is 0 Å². The molecule has 0 aromatic carbocycles. The predicted molar refractivity (Wildman–Crippen MR) is 71.8 cm³/mol. The first-order valence-corrected chi connectivity index (χ1v) is 6.28. The van der Waals surface area contributed by atoms with Gasteiger partial charge in [-0.05, 0) is 12.3 Å². The molecule has 1 heterocycles. The zero-order valence-electron chi connectivity index (χ0n) is 11.8. The zero-order valence-corrected chi connectivity index (χ0v) is 11.8. The maximum absolute atomic E-state index is 10.5. The highest BCUT2D eigenvalue weighted by Crippen LogP contribution is 2.18. The summed E-state index contributed by atoms with van der Waals surface area (Å²) in [7, 11) is 0. The highest BCUT2D eigenvalue weighted by molar-refractivity contribution is 5.20. The number of aliphatic hydroxyl groups excluding tert-OH is 1. The Bertz CT molecular complexity index is 425. The van der Waals surface area contributed by atoms with Gasteiger partial charge < -0.3 is 10.4 Å². The number of nitro groups is 1. The van der Waals surface area contributed by atoms with E-state index in [4.69, 9.17) is 0 Å². The van der Waals surface area contributed by atoms with E-state index in [1.54, 1.807) is 0 Å². The lowest BCUT2D eigenvalue weighted by Crippen LogP contribution is -2.42. The maximum atomic E-state index is 10.5. The number of hydrogen-bond donors (Lipinski definition) is 2. The smallest absolute Gasteiger partial charge is 0.306 e. The molecule has 2 atom stereocenters. The predicted octanol–water partition coefficient (Wildman–Crippen LogP) is 1.18. The van der Waals surface area contributed by atoms with E-state index in [0.29, 0.717) is 6.54 Å². The summed E-state index contributed by atoms with van der Waals surface area (Å²) in [6.45, 7) is 9.07. The zero-order chi connectivity index (χ0) is 14.6. The van der Waals surface area contributed by atoms with Crippen LogP contribution in [-0.4, -0.2) is 38.5 Å². The molecule has 2 unspecified atom stereocenters. The highest BCUT2D eigenvalue weighted by atomic mass is 16.6. The lowest BCUT2D eigenvalue weighted by atomic mass is 9.88. The molecule has 7 nitrogen and oxygen atoms in total. The summed E-state index contributed by atoms with van der Waals surface area (Å²) < 4.78 is 1.38. The fourth-order valence-electron chi connectivity index (χ4n) is 1.45. The van der Waals surface area contributed by atoms with Gasteiger partial charge in [-0.15, -0.1) is 0 Å². The first-order chi connectivity index (χ1) is 8.70. The molecule has 1 rings (SSSR count). The van der Waals surface area contributed by atoms with Gasteiger partial charge in [-0.3, -0.25) is 14.8 Å². The number of nitrogens with zero attached hydrogens (tertiary/aromatic N) is 3. The number of nitrogens with one attached hydrogen (secondary N) is 1. The summed E-state index contributed by atoms with van der Waals surface area (Å²) >= 11 is 0. The van der Waals surface area contributed by atoms with Crippen molar-refractivity contribution in [2.24, 2.45) is 5.41 Å². The van der Waals surface area contributed by atoms with Crippen LogP contribution in [0.15, 0.2) is 12.4 Å². The van der Waals surface area contributed by atoms with Crippen LogP contribution in [-0.2, 0) is 6.54 Å². The van der Waals surface area contributed by atoms with E-state index in [-0.39, 0.29) is 23.7 Å². The number of hydrogen-bond acceptors (Lipinski definition) is 5. The molecule has 0 saturated carbocycles. The quantitative estimate of drug-likeness (QED) is 0.598. The lowest BCUT2D eigenvalue weighted by Gasteiger charge is -2.29. The van der Waals surface area contributed by atoms with Crippen LogP contribution in [0.5, 0.6) is 0 Å². The molecule has 0 radical (unpaired) electrons. The molecule has 0 saturated heterocycles. The number of aromatic nitrogens is 2. The molecule has 2 N–H and O–H groups in total. The molecule has 0 bridgehead atoms. The lowest BCUT2D eigenvalue weighted by molar-refractivity contribution is -0.385. The molecule has 108 valence electrons. The Kier molecular flexibility index (Phi) is 5.02. The molecular formula is C12H22N4O3. The van der Waals surface area contributed by atoms with Crippen LogP contribution in [0.4, 0.5) is 5.69 Å². The molecule has 1 aromatic rings. The van der Waals surface area contributed by atoms with Gasteiger partial charge in [0.2, 0.25) is 0 Å². The van der Waals surface area contributed by atoms with Gasteiger partial charge in [-0.25, -0.2) is 0 Å². The van der Waals surface area contributed by atoms with Crippen molar-refractivity contribution in [2.45, 2.75) is 46.4 Å². The third-order valence-electron chi connectivity index (χ3n) is 3.19. The van der Waals surface area contributed by atoms with Gasteiger partial charge in [0.05, 0.1) is 17.6 Å². The molecule has 7 heteroatoms. The second-order valence-electron chi connectivity index (χ2n) is 5.83. The van der Waals surface area contributed by atoms with E-state index in [1.807, 2.05) is 0 Å². The monoisotopic (exact) mass is 270 g/mol. The standard InChI is InChI=1S/C12H22N4O3/c1-9(12(2,3)4)13-6-11(17)8-15-7-10(5-14-15)16(18)19/h5,7,9,11,13,17H,6,8H2,1-4H3. The Morgan fingerprint density at radius 3 is 2.68 bits per heavy atom. The normalized spacial score (nSPS) is 15.2. The SMILES string of the molecule is CC(NCC(O)Cn1cc([N+](=O)[O-])cn1)C(C)(C)C. The average molecular weight is 270 g/mol. The van der Waals surface area contributed by atoms with Gasteiger partial charge in [0.15, 0.2) is 0 Å². The maximum Gasteiger partial charge on any atom is 0.306 e. The van der Waals surface area contributed by atoms with E-state index in [0.717, 1.165) is 0 Å². The van der Waals surface area contributed by atoms with Crippen LogP contribution in [0.2, 0.25) is 0 Å². The minimum Gasteiger partial charge on any atom is -0.390 e. The molecule has 0 amide bonds. The third-order valence-corrected chi connectivity index (χ3v) is 3.19. The Balaban J connectivity index is 2.42. The Morgan fingerprint density at radius 2 is 2.21 bits per heavy atom. The Morgan fingerprint density at radius 1 is 1.58 bits per heavy atom. The molecular weight excluding hydrogens is 248 g/mol. The topological polar surface area (TPSA) is 93.2 Å². The Hall–Kier alpha value is -1.47. The van der Waals surface area contributed by atoms with E-state index in [2.05, 4.69) is 38.1 Å². The molecule has 0 spiro atoms. The van der Waals surface area contributed by atoms with Gasteiger partial charge in [0, 0.05) is 12.6 Å². The molecule has 0 aliphatic heterocycles. The van der Waals surface area contributed by atoms with Crippen molar-refractivity contribution in [3.8, 4) is 0 Å². The van der Waals surface area contributed by atoms with Gasteiger partial charge in [-0.2, -0.15) is 5.10 Å². The molecule has 19 heavy (non-hydrogen) atoms. The second kappa shape index (κ2) is 6.12. The van der Waals surface area contributed by atoms with Crippen molar-refractivity contribution in [2.75, 3.05) is 6.54 Å². The average Bonchev–Trinajstić information content (AvgIpc) is 2.73. The number of aliphatic hydroxyl groups is 1. The second-order valence-corrected chi connectivity index (χ2v) is 5.83. The van der Waals surface area contributed by atoms with Crippen LogP contribution in [0.25, 0.3) is 0 Å². The van der Waals surface area contributed by atoms with E-state index >= 15 is 0 Å². The Labute approximate surface area is 112 Å². The van der Waals surface area contributed by atoms with Gasteiger partial charge in [0.1, 0.15) is 12.4 Å². The van der Waals surface area contributed by atoms with Crippen molar-refractivity contribution in [3.05, 3.63) is 22.5 Å². The van der Waals surface area contributed by atoms with E-state index in [9.17, 15) is 15.2 Å². The molecule has 0 aliphatic rings. The molecule has 1 aromatic heterocycles. The van der Waals surface area contributed by atoms with Crippen LogP contribution in [0, 0.1) is 15.5 Å². The largest absolute Gasteiger partial charge is 0.390 e. The van der Waals surface area contributed by atoms with Gasteiger partial charge >= 0.3 is 5.69 Å². The minimum absolute atomic E-state index is 0.0665. The summed E-state index contributed by atoms with van der Waals surface area (Å²) in [4.78, 5) is 10.00. The first-order valence-electron chi connectivity index (χ1n) is 6.28. The van der Waals surface area contributed by atoms with Crippen LogP contribution < -0.4 is 5.32 Å².